The zero-order valence-electron chi connectivity index (χ0n) is 13.9. The number of hydrogen-bond acceptors (Lipinski definition) is 5. The quantitative estimate of drug-likeness (QED) is 0.524. The Hall–Kier alpha value is -2.47. The molecule has 1 aliphatic heterocycles. The van der Waals surface area contributed by atoms with Crippen LogP contribution in [0.15, 0.2) is 40.9 Å². The molecule has 0 saturated heterocycles. The van der Waals surface area contributed by atoms with Crippen LogP contribution >= 0.6 is 15.9 Å². The number of ketones is 1. The largest absolute Gasteiger partial charge is 0.493 e. The molecule has 0 unspecified atom stereocenters. The smallest absolute Gasteiger partial charge is 0.231 e. The molecule has 0 amide bonds. The average molecular weight is 405 g/mol. The van der Waals surface area contributed by atoms with Crippen LogP contribution in [0.5, 0.6) is 23.0 Å². The van der Waals surface area contributed by atoms with E-state index in [0.29, 0.717) is 35.2 Å². The lowest BCUT2D eigenvalue weighted by molar-refractivity contribution is 0.104. The van der Waals surface area contributed by atoms with Crippen molar-refractivity contribution in [3.8, 4) is 23.0 Å². The molecule has 5 nitrogen and oxygen atoms in total. The van der Waals surface area contributed by atoms with Crippen molar-refractivity contribution in [1.82, 2.24) is 0 Å². The summed E-state index contributed by atoms with van der Waals surface area (Å²) in [5.74, 6) is 2.36. The molecule has 0 N–H and O–H groups in total. The SMILES string of the molecule is CCOc1c(Br)cc(/C=C/C(=O)c2ccc3c(c2)OCO3)cc1OC. The number of carbonyl (C=O) groups is 1. The van der Waals surface area contributed by atoms with Crippen LogP contribution in [-0.2, 0) is 0 Å². The summed E-state index contributed by atoms with van der Waals surface area (Å²) in [7, 11) is 1.58. The minimum absolute atomic E-state index is 0.123. The van der Waals surface area contributed by atoms with E-state index in [-0.39, 0.29) is 12.6 Å². The first-order valence-corrected chi connectivity index (χ1v) is 8.54. The molecular formula is C19H17BrO5. The van der Waals surface area contributed by atoms with Gasteiger partial charge in [-0.3, -0.25) is 4.79 Å². The third-order valence-electron chi connectivity index (χ3n) is 3.62. The fourth-order valence-corrected chi connectivity index (χ4v) is 3.01. The van der Waals surface area contributed by atoms with E-state index < -0.39 is 0 Å². The zero-order chi connectivity index (χ0) is 17.8. The van der Waals surface area contributed by atoms with Crippen LogP contribution in [0.4, 0.5) is 0 Å². The molecule has 0 aliphatic carbocycles. The van der Waals surface area contributed by atoms with E-state index in [2.05, 4.69) is 15.9 Å². The van der Waals surface area contributed by atoms with E-state index in [1.165, 1.54) is 6.08 Å². The molecule has 2 aromatic carbocycles. The van der Waals surface area contributed by atoms with Gasteiger partial charge in [-0.15, -0.1) is 0 Å². The molecule has 3 rings (SSSR count). The van der Waals surface area contributed by atoms with Gasteiger partial charge in [0.1, 0.15) is 0 Å². The lowest BCUT2D eigenvalue weighted by Gasteiger charge is -2.12. The highest BCUT2D eigenvalue weighted by Gasteiger charge is 2.15. The summed E-state index contributed by atoms with van der Waals surface area (Å²) in [4.78, 5) is 12.4. The van der Waals surface area contributed by atoms with Gasteiger partial charge in [-0.2, -0.15) is 0 Å². The van der Waals surface area contributed by atoms with Crippen molar-refractivity contribution in [2.75, 3.05) is 20.5 Å². The summed E-state index contributed by atoms with van der Waals surface area (Å²) in [6.07, 6.45) is 3.25. The Morgan fingerprint density at radius 1 is 1.24 bits per heavy atom. The number of rotatable bonds is 6. The molecule has 0 radical (unpaired) electrons. The number of allylic oxidation sites excluding steroid dienone is 1. The number of benzene rings is 2. The molecular weight excluding hydrogens is 388 g/mol. The Morgan fingerprint density at radius 3 is 2.80 bits per heavy atom. The van der Waals surface area contributed by atoms with Crippen LogP contribution in [0.25, 0.3) is 6.08 Å². The second-order valence-corrected chi connectivity index (χ2v) is 6.09. The predicted molar refractivity (Wildman–Crippen MR) is 97.8 cm³/mol. The maximum Gasteiger partial charge on any atom is 0.231 e. The fraction of sp³-hybridized carbons (Fsp3) is 0.211. The van der Waals surface area contributed by atoms with E-state index in [1.54, 1.807) is 31.4 Å². The summed E-state index contributed by atoms with van der Waals surface area (Å²) in [5, 5.41) is 0. The highest BCUT2D eigenvalue weighted by Crippen LogP contribution is 2.37. The van der Waals surface area contributed by atoms with E-state index in [9.17, 15) is 4.79 Å². The normalized spacial score (nSPS) is 12.4. The van der Waals surface area contributed by atoms with Gasteiger partial charge in [-0.25, -0.2) is 0 Å². The highest BCUT2D eigenvalue weighted by molar-refractivity contribution is 9.10. The van der Waals surface area contributed by atoms with Crippen molar-refractivity contribution in [2.24, 2.45) is 0 Å². The topological polar surface area (TPSA) is 54.0 Å². The Balaban J connectivity index is 1.81. The first-order chi connectivity index (χ1) is 12.1. The minimum Gasteiger partial charge on any atom is -0.493 e. The molecule has 0 spiro atoms. The molecule has 0 fully saturated rings. The number of fused-ring (bicyclic) bond motifs is 1. The minimum atomic E-state index is -0.123. The van der Waals surface area contributed by atoms with Gasteiger partial charge < -0.3 is 18.9 Å². The molecule has 6 heteroatoms. The van der Waals surface area contributed by atoms with Crippen LogP contribution in [0.2, 0.25) is 0 Å². The van der Waals surface area contributed by atoms with Gasteiger partial charge in [0.05, 0.1) is 18.2 Å². The van der Waals surface area contributed by atoms with Crippen LogP contribution < -0.4 is 18.9 Å². The average Bonchev–Trinajstić information content (AvgIpc) is 3.09. The lowest BCUT2D eigenvalue weighted by Crippen LogP contribution is -1.97. The fourth-order valence-electron chi connectivity index (χ4n) is 2.44. The van der Waals surface area contributed by atoms with Gasteiger partial charge in [0.2, 0.25) is 6.79 Å². The molecule has 1 aliphatic rings. The van der Waals surface area contributed by atoms with Crippen molar-refractivity contribution < 1.29 is 23.7 Å². The Bertz CT molecular complexity index is 829. The first kappa shape index (κ1) is 17.4. The second-order valence-electron chi connectivity index (χ2n) is 5.23. The van der Waals surface area contributed by atoms with Crippen molar-refractivity contribution >= 4 is 27.8 Å². The maximum atomic E-state index is 12.4. The monoisotopic (exact) mass is 404 g/mol. The molecule has 2 aromatic rings. The maximum absolute atomic E-state index is 12.4. The van der Waals surface area contributed by atoms with Crippen LogP contribution in [0.1, 0.15) is 22.8 Å². The number of methoxy groups -OCH3 is 1. The molecule has 0 saturated carbocycles. The summed E-state index contributed by atoms with van der Waals surface area (Å²) in [6.45, 7) is 2.62. The Kier molecular flexibility index (Phi) is 5.28. The summed E-state index contributed by atoms with van der Waals surface area (Å²) >= 11 is 3.47. The van der Waals surface area contributed by atoms with E-state index in [0.717, 1.165) is 10.0 Å². The lowest BCUT2D eigenvalue weighted by atomic mass is 10.1. The van der Waals surface area contributed by atoms with E-state index >= 15 is 0 Å². The van der Waals surface area contributed by atoms with Crippen LogP contribution in [0.3, 0.4) is 0 Å². The number of hydrogen-bond donors (Lipinski definition) is 0. The van der Waals surface area contributed by atoms with Gasteiger partial charge in [-0.05, 0) is 64.8 Å². The van der Waals surface area contributed by atoms with Gasteiger partial charge in [0.25, 0.3) is 0 Å². The summed E-state index contributed by atoms with van der Waals surface area (Å²) < 4.78 is 22.2. The van der Waals surface area contributed by atoms with Crippen LogP contribution in [0, 0.1) is 0 Å². The van der Waals surface area contributed by atoms with Crippen molar-refractivity contribution in [3.05, 3.63) is 52.0 Å². The molecule has 0 bridgehead atoms. The molecule has 130 valence electrons. The van der Waals surface area contributed by atoms with Crippen molar-refractivity contribution in [2.45, 2.75) is 6.92 Å². The summed E-state index contributed by atoms with van der Waals surface area (Å²) in [6, 6.07) is 8.83. The van der Waals surface area contributed by atoms with Crippen molar-refractivity contribution in [1.29, 1.82) is 0 Å². The standard InChI is InChI=1S/C19H17BrO5/c1-3-23-19-14(20)8-12(9-18(19)22-2)4-6-15(21)13-5-7-16-17(10-13)25-11-24-16/h4-10H,3,11H2,1-2H3/b6-4+. The van der Waals surface area contributed by atoms with Gasteiger partial charge in [-0.1, -0.05) is 6.08 Å². The van der Waals surface area contributed by atoms with Gasteiger partial charge >= 0.3 is 0 Å². The predicted octanol–water partition coefficient (Wildman–Crippen LogP) is 4.48. The van der Waals surface area contributed by atoms with E-state index in [4.69, 9.17) is 18.9 Å². The molecule has 25 heavy (non-hydrogen) atoms. The molecule has 0 atom stereocenters. The number of carbonyl (C=O) groups excluding carboxylic acids is 1. The highest BCUT2D eigenvalue weighted by atomic mass is 79.9. The van der Waals surface area contributed by atoms with Crippen molar-refractivity contribution in [3.63, 3.8) is 0 Å². The zero-order valence-corrected chi connectivity index (χ0v) is 15.5. The summed E-state index contributed by atoms with van der Waals surface area (Å²) in [5.41, 5.74) is 1.36. The Morgan fingerprint density at radius 2 is 2.04 bits per heavy atom. The first-order valence-electron chi connectivity index (χ1n) is 7.74. The third-order valence-corrected chi connectivity index (χ3v) is 4.21. The molecule has 1 heterocycles. The van der Waals surface area contributed by atoms with E-state index in [1.807, 2.05) is 19.1 Å². The molecule has 0 aromatic heterocycles. The second kappa shape index (κ2) is 7.61. The van der Waals surface area contributed by atoms with Gasteiger partial charge in [0.15, 0.2) is 28.8 Å². The Labute approximate surface area is 154 Å². The third kappa shape index (κ3) is 3.79. The number of ether oxygens (including phenoxy) is 4. The van der Waals surface area contributed by atoms with Crippen LogP contribution in [-0.4, -0.2) is 26.3 Å². The van der Waals surface area contributed by atoms with Gasteiger partial charge in [0, 0.05) is 5.56 Å². The number of halogens is 1.